The van der Waals surface area contributed by atoms with Crippen LogP contribution in [-0.4, -0.2) is 16.0 Å². The molecule has 2 aromatic heterocycles. The molecule has 4 rings (SSSR count). The number of carbonyl (C=O) groups excluding carboxylic acids is 1. The molecule has 2 heterocycles. The monoisotopic (exact) mass is 283 g/mol. The van der Waals surface area contributed by atoms with Gasteiger partial charge in [-0.3, -0.25) is 9.78 Å². The van der Waals surface area contributed by atoms with E-state index in [1.807, 2.05) is 6.20 Å². The Balaban J connectivity index is 1.38. The highest BCUT2D eigenvalue weighted by atomic mass is 16.5. The third-order valence-electron chi connectivity index (χ3n) is 4.06. The molecule has 5 nitrogen and oxygen atoms in total. The molecule has 0 bridgehead atoms. The van der Waals surface area contributed by atoms with Crippen molar-refractivity contribution in [1.82, 2.24) is 15.5 Å². The fourth-order valence-electron chi connectivity index (χ4n) is 2.47. The molecule has 2 aliphatic rings. The predicted molar refractivity (Wildman–Crippen MR) is 75.9 cm³/mol. The van der Waals surface area contributed by atoms with Crippen molar-refractivity contribution in [2.24, 2.45) is 0 Å². The second-order valence-corrected chi connectivity index (χ2v) is 5.97. The van der Waals surface area contributed by atoms with E-state index >= 15 is 0 Å². The number of aromatic nitrogens is 2. The third-order valence-corrected chi connectivity index (χ3v) is 4.06. The first-order chi connectivity index (χ1) is 10.3. The summed E-state index contributed by atoms with van der Waals surface area (Å²) in [6, 6.07) is 3.88. The van der Waals surface area contributed by atoms with Gasteiger partial charge in [0.15, 0.2) is 5.69 Å². The molecule has 0 aromatic carbocycles. The SMILES string of the molecule is O=C(NCc1cncc(C2CC2)c1)c1cc(C2CC2)on1. The minimum Gasteiger partial charge on any atom is -0.360 e. The molecule has 2 fully saturated rings. The quantitative estimate of drug-likeness (QED) is 0.916. The summed E-state index contributed by atoms with van der Waals surface area (Å²) in [6.45, 7) is 0.470. The Morgan fingerprint density at radius 2 is 2.00 bits per heavy atom. The smallest absolute Gasteiger partial charge is 0.273 e. The van der Waals surface area contributed by atoms with Gasteiger partial charge in [-0.15, -0.1) is 0 Å². The minimum absolute atomic E-state index is 0.192. The summed E-state index contributed by atoms with van der Waals surface area (Å²) < 4.78 is 5.20. The number of hydrogen-bond donors (Lipinski definition) is 1. The summed E-state index contributed by atoms with van der Waals surface area (Å²) in [6.07, 6.45) is 8.49. The molecule has 1 amide bonds. The Hall–Kier alpha value is -2.17. The van der Waals surface area contributed by atoms with E-state index in [0.717, 1.165) is 24.2 Å². The number of rotatable bonds is 5. The van der Waals surface area contributed by atoms with E-state index in [1.54, 1.807) is 12.3 Å². The Bertz CT molecular complexity index is 672. The largest absolute Gasteiger partial charge is 0.360 e. The average Bonchev–Trinajstić information content (AvgIpc) is 3.43. The molecule has 0 unspecified atom stereocenters. The van der Waals surface area contributed by atoms with Crippen LogP contribution in [-0.2, 0) is 6.54 Å². The zero-order valence-electron chi connectivity index (χ0n) is 11.7. The van der Waals surface area contributed by atoms with Crippen molar-refractivity contribution in [2.75, 3.05) is 0 Å². The summed E-state index contributed by atoms with van der Waals surface area (Å²) in [7, 11) is 0. The summed E-state index contributed by atoms with van der Waals surface area (Å²) in [5.41, 5.74) is 2.67. The van der Waals surface area contributed by atoms with Crippen LogP contribution < -0.4 is 5.32 Å². The normalized spacial score (nSPS) is 17.7. The zero-order valence-corrected chi connectivity index (χ0v) is 11.7. The number of pyridine rings is 1. The van der Waals surface area contributed by atoms with Gasteiger partial charge in [0.2, 0.25) is 0 Å². The van der Waals surface area contributed by atoms with Gasteiger partial charge < -0.3 is 9.84 Å². The van der Waals surface area contributed by atoms with Crippen LogP contribution in [0.1, 0.15) is 64.9 Å². The Kier molecular flexibility index (Phi) is 2.98. The van der Waals surface area contributed by atoms with Crippen LogP contribution in [0.15, 0.2) is 29.0 Å². The van der Waals surface area contributed by atoms with Crippen LogP contribution in [0.2, 0.25) is 0 Å². The van der Waals surface area contributed by atoms with Crippen LogP contribution >= 0.6 is 0 Å². The van der Waals surface area contributed by atoms with Crippen molar-refractivity contribution in [3.05, 3.63) is 47.1 Å². The minimum atomic E-state index is -0.192. The fourth-order valence-corrected chi connectivity index (χ4v) is 2.47. The first-order valence-electron chi connectivity index (χ1n) is 7.48. The number of nitrogens with one attached hydrogen (secondary N) is 1. The van der Waals surface area contributed by atoms with Crippen LogP contribution in [0.25, 0.3) is 0 Å². The molecule has 0 saturated heterocycles. The molecule has 1 N–H and O–H groups in total. The van der Waals surface area contributed by atoms with Crippen molar-refractivity contribution in [1.29, 1.82) is 0 Å². The molecule has 0 radical (unpaired) electrons. The number of nitrogens with zero attached hydrogens (tertiary/aromatic N) is 2. The fraction of sp³-hybridized carbons (Fsp3) is 0.438. The summed E-state index contributed by atoms with van der Waals surface area (Å²) in [5, 5.41) is 6.72. The van der Waals surface area contributed by atoms with Gasteiger partial charge in [-0.05, 0) is 42.7 Å². The van der Waals surface area contributed by atoms with Crippen LogP contribution in [0.5, 0.6) is 0 Å². The standard InChI is InChI=1S/C16H17N3O2/c20-16(14-6-15(21-19-14)12-3-4-12)18-8-10-5-13(9-17-7-10)11-1-2-11/h5-7,9,11-12H,1-4,8H2,(H,18,20). The Morgan fingerprint density at radius 3 is 2.76 bits per heavy atom. The summed E-state index contributed by atoms with van der Waals surface area (Å²) in [4.78, 5) is 16.3. The van der Waals surface area contributed by atoms with E-state index in [9.17, 15) is 4.79 Å². The highest BCUT2D eigenvalue weighted by molar-refractivity contribution is 5.92. The Labute approximate surface area is 122 Å². The van der Waals surface area contributed by atoms with Crippen molar-refractivity contribution < 1.29 is 9.32 Å². The molecule has 5 heteroatoms. The van der Waals surface area contributed by atoms with Gasteiger partial charge in [0.1, 0.15) is 5.76 Å². The maximum Gasteiger partial charge on any atom is 0.273 e. The molecule has 2 aromatic rings. The maximum atomic E-state index is 12.1. The van der Waals surface area contributed by atoms with E-state index in [1.165, 1.54) is 18.4 Å². The lowest BCUT2D eigenvalue weighted by atomic mass is 10.1. The van der Waals surface area contributed by atoms with E-state index in [4.69, 9.17) is 4.52 Å². The van der Waals surface area contributed by atoms with Crippen molar-refractivity contribution in [3.8, 4) is 0 Å². The summed E-state index contributed by atoms with van der Waals surface area (Å²) in [5.74, 6) is 1.78. The molecule has 2 aliphatic carbocycles. The molecule has 108 valence electrons. The number of hydrogen-bond acceptors (Lipinski definition) is 4. The average molecular weight is 283 g/mol. The maximum absolute atomic E-state index is 12.1. The van der Waals surface area contributed by atoms with Crippen molar-refractivity contribution in [3.63, 3.8) is 0 Å². The number of carbonyl (C=O) groups is 1. The highest BCUT2D eigenvalue weighted by Crippen LogP contribution is 2.40. The molecular formula is C16H17N3O2. The molecule has 0 atom stereocenters. The topological polar surface area (TPSA) is 68.0 Å². The lowest BCUT2D eigenvalue weighted by molar-refractivity contribution is 0.0941. The van der Waals surface area contributed by atoms with Crippen LogP contribution in [0.3, 0.4) is 0 Å². The molecule has 2 saturated carbocycles. The highest BCUT2D eigenvalue weighted by Gasteiger charge is 2.29. The van der Waals surface area contributed by atoms with Gasteiger partial charge in [-0.1, -0.05) is 11.2 Å². The van der Waals surface area contributed by atoms with Crippen LogP contribution in [0, 0.1) is 0 Å². The first kappa shape index (κ1) is 12.6. The molecule has 0 spiro atoms. The van der Waals surface area contributed by atoms with Gasteiger partial charge in [0.25, 0.3) is 5.91 Å². The number of amides is 1. The van der Waals surface area contributed by atoms with Gasteiger partial charge >= 0.3 is 0 Å². The third kappa shape index (κ3) is 2.82. The Morgan fingerprint density at radius 1 is 1.19 bits per heavy atom. The molecular weight excluding hydrogens is 266 g/mol. The van der Waals surface area contributed by atoms with E-state index in [-0.39, 0.29) is 5.91 Å². The van der Waals surface area contributed by atoms with Crippen LogP contribution in [0.4, 0.5) is 0 Å². The van der Waals surface area contributed by atoms with Gasteiger partial charge in [-0.25, -0.2) is 0 Å². The molecule has 21 heavy (non-hydrogen) atoms. The lowest BCUT2D eigenvalue weighted by Gasteiger charge is -2.04. The van der Waals surface area contributed by atoms with E-state index in [2.05, 4.69) is 21.5 Å². The predicted octanol–water partition coefficient (Wildman–Crippen LogP) is 2.75. The van der Waals surface area contributed by atoms with E-state index in [0.29, 0.717) is 24.1 Å². The second-order valence-electron chi connectivity index (χ2n) is 5.97. The van der Waals surface area contributed by atoms with Gasteiger partial charge in [-0.2, -0.15) is 0 Å². The first-order valence-corrected chi connectivity index (χ1v) is 7.48. The van der Waals surface area contributed by atoms with E-state index < -0.39 is 0 Å². The zero-order chi connectivity index (χ0) is 14.2. The molecule has 0 aliphatic heterocycles. The summed E-state index contributed by atoms with van der Waals surface area (Å²) >= 11 is 0. The van der Waals surface area contributed by atoms with Gasteiger partial charge in [0, 0.05) is 30.9 Å². The van der Waals surface area contributed by atoms with Crippen molar-refractivity contribution >= 4 is 5.91 Å². The van der Waals surface area contributed by atoms with Gasteiger partial charge in [0.05, 0.1) is 0 Å². The second kappa shape index (κ2) is 4.98. The lowest BCUT2D eigenvalue weighted by Crippen LogP contribution is -2.23. The van der Waals surface area contributed by atoms with Crippen molar-refractivity contribution in [2.45, 2.75) is 44.1 Å².